The molecule has 1 spiro atoms. The number of hydrogen-bond donors (Lipinski definition) is 0. The number of ether oxygens (including phenoxy) is 2. The maximum atomic E-state index is 12.5. The molecule has 1 aliphatic heterocycles. The SMILES string of the molecule is C=C(C)C(=O)OCC12CCCC13C(=O)OC1CC2CC13. The zero-order valence-corrected chi connectivity index (χ0v) is 11.8. The minimum absolute atomic E-state index is 0.0172. The van der Waals surface area contributed by atoms with Crippen LogP contribution < -0.4 is 0 Å². The zero-order valence-electron chi connectivity index (χ0n) is 11.8. The third-order valence-electron chi connectivity index (χ3n) is 6.43. The molecule has 3 aliphatic carbocycles. The highest BCUT2D eigenvalue weighted by atomic mass is 16.6. The van der Waals surface area contributed by atoms with Gasteiger partial charge in [-0.25, -0.2) is 4.79 Å². The van der Waals surface area contributed by atoms with E-state index in [9.17, 15) is 9.59 Å². The summed E-state index contributed by atoms with van der Waals surface area (Å²) >= 11 is 0. The summed E-state index contributed by atoms with van der Waals surface area (Å²) in [6.07, 6.45) is 5.10. The average molecular weight is 276 g/mol. The Labute approximate surface area is 118 Å². The molecule has 2 bridgehead atoms. The Morgan fingerprint density at radius 1 is 1.45 bits per heavy atom. The van der Waals surface area contributed by atoms with Crippen LogP contribution in [0.1, 0.15) is 39.0 Å². The monoisotopic (exact) mass is 276 g/mol. The average Bonchev–Trinajstić information content (AvgIpc) is 3.06. The van der Waals surface area contributed by atoms with Crippen LogP contribution in [0.5, 0.6) is 0 Å². The quantitative estimate of drug-likeness (QED) is 0.586. The van der Waals surface area contributed by atoms with Crippen molar-refractivity contribution in [1.82, 2.24) is 0 Å². The standard InChI is InChI=1S/C16H20O4/c1-9(2)13(17)19-8-15-4-3-5-16(15)11-6-10(15)7-12(11)20-14(16)18/h10-12H,1,3-8H2,2H3. The predicted molar refractivity (Wildman–Crippen MR) is 70.6 cm³/mol. The van der Waals surface area contributed by atoms with Gasteiger partial charge in [-0.3, -0.25) is 4.79 Å². The minimum atomic E-state index is -0.351. The van der Waals surface area contributed by atoms with Crippen molar-refractivity contribution in [2.75, 3.05) is 6.61 Å². The fraction of sp³-hybridized carbons (Fsp3) is 0.750. The van der Waals surface area contributed by atoms with Crippen molar-refractivity contribution in [1.29, 1.82) is 0 Å². The van der Waals surface area contributed by atoms with E-state index in [0.717, 1.165) is 32.1 Å². The molecule has 0 aromatic heterocycles. The fourth-order valence-electron chi connectivity index (χ4n) is 5.71. The molecule has 0 aromatic rings. The lowest BCUT2D eigenvalue weighted by atomic mass is 9.59. The van der Waals surface area contributed by atoms with Crippen molar-refractivity contribution in [2.45, 2.75) is 45.1 Å². The van der Waals surface area contributed by atoms with Gasteiger partial charge in [0, 0.05) is 16.9 Å². The Hall–Kier alpha value is -1.32. The smallest absolute Gasteiger partial charge is 0.333 e. The first-order valence-corrected chi connectivity index (χ1v) is 7.55. The molecule has 5 atom stereocenters. The van der Waals surface area contributed by atoms with E-state index in [2.05, 4.69) is 6.58 Å². The van der Waals surface area contributed by atoms with Crippen LogP contribution in [0.3, 0.4) is 0 Å². The van der Waals surface area contributed by atoms with Crippen LogP contribution in [0.2, 0.25) is 0 Å². The van der Waals surface area contributed by atoms with Gasteiger partial charge in [-0.05, 0) is 38.5 Å². The molecule has 4 aliphatic rings. The van der Waals surface area contributed by atoms with Crippen LogP contribution in [0.25, 0.3) is 0 Å². The number of fused-ring (bicyclic) bond motifs is 2. The molecule has 4 rings (SSSR count). The van der Waals surface area contributed by atoms with Crippen molar-refractivity contribution in [3.63, 3.8) is 0 Å². The lowest BCUT2D eigenvalue weighted by Gasteiger charge is -2.42. The number of esters is 2. The second-order valence-electron chi connectivity index (χ2n) is 7.06. The molecule has 1 heterocycles. The third kappa shape index (κ3) is 1.15. The molecule has 0 N–H and O–H groups in total. The molecule has 0 radical (unpaired) electrons. The lowest BCUT2D eigenvalue weighted by Crippen LogP contribution is -2.48. The summed E-state index contributed by atoms with van der Waals surface area (Å²) < 4.78 is 11.1. The van der Waals surface area contributed by atoms with Gasteiger partial charge in [0.05, 0.1) is 12.0 Å². The van der Waals surface area contributed by atoms with E-state index in [0.29, 0.717) is 24.0 Å². The molecule has 20 heavy (non-hydrogen) atoms. The molecule has 5 unspecified atom stereocenters. The molecule has 4 fully saturated rings. The molecule has 4 heteroatoms. The highest BCUT2D eigenvalue weighted by Crippen LogP contribution is 2.76. The Morgan fingerprint density at radius 3 is 3.00 bits per heavy atom. The van der Waals surface area contributed by atoms with Crippen LogP contribution in [0.4, 0.5) is 0 Å². The number of hydrogen-bond acceptors (Lipinski definition) is 4. The Kier molecular flexibility index (Phi) is 2.27. The van der Waals surface area contributed by atoms with Crippen molar-refractivity contribution < 1.29 is 19.1 Å². The highest BCUT2D eigenvalue weighted by molar-refractivity contribution is 5.87. The van der Waals surface area contributed by atoms with Gasteiger partial charge in [0.15, 0.2) is 0 Å². The normalized spacial score (nSPS) is 47.2. The highest BCUT2D eigenvalue weighted by Gasteiger charge is 2.79. The summed E-state index contributed by atoms with van der Waals surface area (Å²) in [5, 5.41) is 0. The molecule has 0 amide bonds. The van der Waals surface area contributed by atoms with E-state index in [1.807, 2.05) is 0 Å². The summed E-state index contributed by atoms with van der Waals surface area (Å²) in [7, 11) is 0. The fourth-order valence-corrected chi connectivity index (χ4v) is 5.71. The van der Waals surface area contributed by atoms with Crippen LogP contribution in [-0.4, -0.2) is 24.6 Å². The summed E-state index contributed by atoms with van der Waals surface area (Å²) in [6.45, 7) is 5.65. The van der Waals surface area contributed by atoms with Gasteiger partial charge in [0.25, 0.3) is 0 Å². The Bertz CT molecular complexity index is 525. The molecule has 3 saturated carbocycles. The zero-order chi connectivity index (χ0) is 14.1. The van der Waals surface area contributed by atoms with Crippen molar-refractivity contribution in [3.8, 4) is 0 Å². The van der Waals surface area contributed by atoms with Crippen LogP contribution in [0, 0.1) is 22.7 Å². The number of carbonyl (C=O) groups excluding carboxylic acids is 2. The predicted octanol–water partition coefficient (Wildman–Crippen LogP) is 2.23. The van der Waals surface area contributed by atoms with E-state index < -0.39 is 0 Å². The molecule has 0 aromatic carbocycles. The van der Waals surface area contributed by atoms with Crippen molar-refractivity contribution >= 4 is 11.9 Å². The first-order valence-electron chi connectivity index (χ1n) is 7.55. The van der Waals surface area contributed by atoms with E-state index in [1.54, 1.807) is 6.92 Å². The molecule has 108 valence electrons. The second-order valence-corrected chi connectivity index (χ2v) is 7.06. The van der Waals surface area contributed by atoms with Crippen LogP contribution in [-0.2, 0) is 19.1 Å². The van der Waals surface area contributed by atoms with Gasteiger partial charge in [0.1, 0.15) is 6.10 Å². The molecular weight excluding hydrogens is 256 g/mol. The minimum Gasteiger partial charge on any atom is -0.462 e. The molecule has 1 saturated heterocycles. The van der Waals surface area contributed by atoms with Gasteiger partial charge < -0.3 is 9.47 Å². The van der Waals surface area contributed by atoms with Gasteiger partial charge >= 0.3 is 11.9 Å². The van der Waals surface area contributed by atoms with Gasteiger partial charge in [0.2, 0.25) is 0 Å². The van der Waals surface area contributed by atoms with Crippen LogP contribution >= 0.6 is 0 Å². The summed E-state index contributed by atoms with van der Waals surface area (Å²) in [5.74, 6) is 0.485. The molecular formula is C16H20O4. The van der Waals surface area contributed by atoms with E-state index in [4.69, 9.17) is 9.47 Å². The van der Waals surface area contributed by atoms with Crippen molar-refractivity contribution in [2.24, 2.45) is 22.7 Å². The van der Waals surface area contributed by atoms with E-state index >= 15 is 0 Å². The number of carbonyl (C=O) groups is 2. The summed E-state index contributed by atoms with van der Waals surface area (Å²) in [6, 6.07) is 0. The Morgan fingerprint density at radius 2 is 2.25 bits per heavy atom. The van der Waals surface area contributed by atoms with Gasteiger partial charge in [-0.15, -0.1) is 0 Å². The third-order valence-corrected chi connectivity index (χ3v) is 6.43. The van der Waals surface area contributed by atoms with E-state index in [1.165, 1.54) is 0 Å². The maximum Gasteiger partial charge on any atom is 0.333 e. The summed E-state index contributed by atoms with van der Waals surface area (Å²) in [5.41, 5.74) is -0.0912. The topological polar surface area (TPSA) is 52.6 Å². The lowest BCUT2D eigenvalue weighted by molar-refractivity contribution is -0.158. The van der Waals surface area contributed by atoms with Gasteiger partial charge in [-0.1, -0.05) is 13.0 Å². The first-order chi connectivity index (χ1) is 9.51. The maximum absolute atomic E-state index is 12.5. The number of rotatable bonds is 3. The Balaban J connectivity index is 1.68. The van der Waals surface area contributed by atoms with E-state index in [-0.39, 0.29) is 28.9 Å². The largest absolute Gasteiger partial charge is 0.462 e. The van der Waals surface area contributed by atoms with Gasteiger partial charge in [-0.2, -0.15) is 0 Å². The second kappa shape index (κ2) is 3.66. The summed E-state index contributed by atoms with van der Waals surface area (Å²) in [4.78, 5) is 24.2. The molecule has 4 nitrogen and oxygen atoms in total. The van der Waals surface area contributed by atoms with Crippen LogP contribution in [0.15, 0.2) is 12.2 Å². The van der Waals surface area contributed by atoms with Crippen molar-refractivity contribution in [3.05, 3.63) is 12.2 Å². The first kappa shape index (κ1) is 12.4.